The molecule has 5 aliphatic rings. The number of ether oxygens (including phenoxy) is 9. The zero-order chi connectivity index (χ0) is 45.4. The van der Waals surface area contributed by atoms with Gasteiger partial charge in [-0.3, -0.25) is 19.2 Å². The standard InChI is InChI=1S/C16H27NO7.C14H25NO6.C10H19NO4/c1-8(22-10(3)18)6-12(19)17-13-9(2)23-11-7-21-16(4,5)24-15(11)14(13)20;1-7(20-10(4)17)5-12(18)15-13-8(2)14(19)11(6-16)21-9(13)3;1-5-7(11)8(12)9-6(14-5)4-13-10(2,3)15-9/h8-9,11,13-15,20H,6-7H2,1-5H3,(H,17,19);7-9,11,13-14,16,19H,5-6H2,1-4H3,(H,15,18);5-9,12H,4,11H2,1-3H3/t8-,9+,11?,13?,14?,15-;7-,8?,9+,11?,13?,14+;5-,6?,7?,8?,9+/m110/s1. The molecule has 5 rings (SSSR count). The van der Waals surface area contributed by atoms with Crippen LogP contribution in [0.5, 0.6) is 0 Å². The van der Waals surface area contributed by atoms with E-state index in [0.717, 1.165) is 0 Å². The monoisotopic (exact) mass is 865 g/mol. The van der Waals surface area contributed by atoms with Gasteiger partial charge < -0.3 is 79.4 Å². The lowest BCUT2D eigenvalue weighted by atomic mass is 9.86. The van der Waals surface area contributed by atoms with Crippen LogP contribution in [0.25, 0.3) is 0 Å². The molecule has 20 nitrogen and oxygen atoms in total. The number of carbonyl (C=O) groups excluding carboxylic acids is 4. The quantitative estimate of drug-likeness (QED) is 0.141. The molecule has 0 aliphatic carbocycles. The third-order valence-electron chi connectivity index (χ3n) is 10.9. The van der Waals surface area contributed by atoms with Crippen LogP contribution in [-0.2, 0) is 61.8 Å². The number of aliphatic hydroxyl groups is 4. The zero-order valence-corrected chi connectivity index (χ0v) is 37.0. The molecule has 17 atom stereocenters. The third-order valence-corrected chi connectivity index (χ3v) is 10.9. The normalized spacial score (nSPS) is 38.9. The highest BCUT2D eigenvalue weighted by Crippen LogP contribution is 2.33. The summed E-state index contributed by atoms with van der Waals surface area (Å²) in [4.78, 5) is 45.8. The van der Waals surface area contributed by atoms with Crippen LogP contribution in [-0.4, -0.2) is 173 Å². The van der Waals surface area contributed by atoms with Crippen molar-refractivity contribution in [3.05, 3.63) is 0 Å². The lowest BCUT2D eigenvalue weighted by Crippen LogP contribution is -2.67. The number of nitrogens with one attached hydrogen (secondary N) is 2. The number of fused-ring (bicyclic) bond motifs is 2. The lowest BCUT2D eigenvalue weighted by Gasteiger charge is -2.49. The number of amides is 2. The predicted molar refractivity (Wildman–Crippen MR) is 211 cm³/mol. The maximum absolute atomic E-state index is 12.1. The summed E-state index contributed by atoms with van der Waals surface area (Å²) in [7, 11) is 0. The summed E-state index contributed by atoms with van der Waals surface area (Å²) in [6.07, 6.45) is -6.54. The van der Waals surface area contributed by atoms with Gasteiger partial charge in [-0.25, -0.2) is 0 Å². The highest BCUT2D eigenvalue weighted by atomic mass is 16.7. The Morgan fingerprint density at radius 1 is 0.683 bits per heavy atom. The van der Waals surface area contributed by atoms with Crippen molar-refractivity contribution in [3.8, 4) is 0 Å². The van der Waals surface area contributed by atoms with Crippen molar-refractivity contribution < 1.29 is 82.2 Å². The van der Waals surface area contributed by atoms with Gasteiger partial charge in [0.05, 0.1) is 75.2 Å². The van der Waals surface area contributed by atoms with Crippen LogP contribution in [0.3, 0.4) is 0 Å². The fourth-order valence-corrected chi connectivity index (χ4v) is 7.83. The first-order chi connectivity index (χ1) is 27.7. The average Bonchev–Trinajstić information content (AvgIpc) is 3.12. The Morgan fingerprint density at radius 2 is 1.10 bits per heavy atom. The van der Waals surface area contributed by atoms with Gasteiger partial charge in [0.25, 0.3) is 0 Å². The van der Waals surface area contributed by atoms with Gasteiger partial charge in [0.2, 0.25) is 11.8 Å². The predicted octanol–water partition coefficient (Wildman–Crippen LogP) is -0.684. The van der Waals surface area contributed by atoms with Gasteiger partial charge in [-0.1, -0.05) is 6.92 Å². The topological polar surface area (TPSA) is 282 Å². The first-order valence-electron chi connectivity index (χ1n) is 20.7. The largest absolute Gasteiger partial charge is 0.462 e. The molecule has 0 saturated carbocycles. The minimum absolute atomic E-state index is 0.0130. The Morgan fingerprint density at radius 3 is 1.55 bits per heavy atom. The van der Waals surface area contributed by atoms with Gasteiger partial charge in [-0.15, -0.1) is 0 Å². The Bertz CT molecular complexity index is 1420. The second-order valence-electron chi connectivity index (χ2n) is 17.3. The number of carbonyl (C=O) groups is 4. The molecule has 60 heavy (non-hydrogen) atoms. The molecule has 0 radical (unpaired) electrons. The van der Waals surface area contributed by atoms with E-state index in [2.05, 4.69) is 10.6 Å². The van der Waals surface area contributed by atoms with Crippen LogP contribution < -0.4 is 16.4 Å². The molecule has 2 amide bonds. The van der Waals surface area contributed by atoms with Crippen LogP contribution >= 0.6 is 0 Å². The number of esters is 2. The first-order valence-corrected chi connectivity index (χ1v) is 20.7. The van der Waals surface area contributed by atoms with E-state index in [1.54, 1.807) is 48.5 Å². The minimum atomic E-state index is -0.921. The summed E-state index contributed by atoms with van der Waals surface area (Å²) in [6, 6.07) is -1.38. The maximum atomic E-state index is 12.1. The molecule has 8 N–H and O–H groups in total. The van der Waals surface area contributed by atoms with Crippen molar-refractivity contribution in [1.29, 1.82) is 0 Å². The molecular formula is C40H71N3O17. The molecule has 0 bridgehead atoms. The SMILES string of the molecule is CC(=O)O[C@H](C)CC(=O)NC1C(C)[C@H](O)C(CO)O[C@H]1C.CC(=O)O[C@H](C)CC(=O)NC1C(O)[C@@H]2OC(C)(C)OCC2O[C@H]1C.C[C@@H]1OC2COC(C)(C)O[C@H]2C(O)C1N. The maximum Gasteiger partial charge on any atom is 0.302 e. The smallest absolute Gasteiger partial charge is 0.302 e. The molecule has 5 aliphatic heterocycles. The van der Waals surface area contributed by atoms with E-state index in [1.165, 1.54) is 13.8 Å². The van der Waals surface area contributed by atoms with Crippen LogP contribution in [0.15, 0.2) is 0 Å². The number of hydrogen-bond acceptors (Lipinski definition) is 18. The van der Waals surface area contributed by atoms with Gasteiger partial charge in [-0.05, 0) is 62.3 Å². The van der Waals surface area contributed by atoms with Gasteiger partial charge >= 0.3 is 11.9 Å². The summed E-state index contributed by atoms with van der Waals surface area (Å²) in [5.74, 6) is -3.21. The molecule has 5 heterocycles. The van der Waals surface area contributed by atoms with Crippen LogP contribution in [0, 0.1) is 5.92 Å². The highest BCUT2D eigenvalue weighted by molar-refractivity contribution is 5.78. The van der Waals surface area contributed by atoms with Crippen molar-refractivity contribution >= 4 is 23.8 Å². The van der Waals surface area contributed by atoms with E-state index in [-0.39, 0.29) is 73.7 Å². The van der Waals surface area contributed by atoms with Crippen LogP contribution in [0.1, 0.15) is 95.9 Å². The average molecular weight is 866 g/mol. The van der Waals surface area contributed by atoms with E-state index in [0.29, 0.717) is 13.2 Å². The minimum Gasteiger partial charge on any atom is -0.462 e. The van der Waals surface area contributed by atoms with E-state index in [9.17, 15) is 34.5 Å². The van der Waals surface area contributed by atoms with E-state index >= 15 is 0 Å². The van der Waals surface area contributed by atoms with Crippen molar-refractivity contribution in [1.82, 2.24) is 10.6 Å². The van der Waals surface area contributed by atoms with Gasteiger partial charge in [0.15, 0.2) is 11.6 Å². The Labute approximate surface area is 352 Å². The molecular weight excluding hydrogens is 794 g/mol. The zero-order valence-electron chi connectivity index (χ0n) is 37.0. The van der Waals surface area contributed by atoms with Crippen molar-refractivity contribution in [2.45, 2.75) is 205 Å². The van der Waals surface area contributed by atoms with Crippen LogP contribution in [0.2, 0.25) is 0 Å². The molecule has 0 aromatic rings. The summed E-state index contributed by atoms with van der Waals surface area (Å²) < 4.78 is 49.2. The lowest BCUT2D eigenvalue weighted by molar-refractivity contribution is -0.346. The summed E-state index contributed by atoms with van der Waals surface area (Å²) >= 11 is 0. The van der Waals surface area contributed by atoms with Crippen molar-refractivity contribution in [2.24, 2.45) is 11.7 Å². The van der Waals surface area contributed by atoms with Crippen LogP contribution in [0.4, 0.5) is 0 Å². The van der Waals surface area contributed by atoms with Gasteiger partial charge in [0.1, 0.15) is 54.9 Å². The number of aliphatic hydroxyl groups excluding tert-OH is 4. The molecule has 348 valence electrons. The summed E-state index contributed by atoms with van der Waals surface area (Å²) in [6.45, 7) is 20.7. The molecule has 5 fully saturated rings. The molecule has 0 aromatic heterocycles. The molecule has 0 aromatic carbocycles. The molecule has 0 spiro atoms. The summed E-state index contributed by atoms with van der Waals surface area (Å²) in [5, 5.41) is 45.4. The number of rotatable bonds is 9. The Balaban J connectivity index is 0.000000246. The second kappa shape index (κ2) is 22.2. The number of nitrogens with two attached hydrogens (primary N) is 1. The fourth-order valence-electron chi connectivity index (χ4n) is 7.83. The molecule has 20 heteroatoms. The molecule has 9 unspecified atom stereocenters. The van der Waals surface area contributed by atoms with Gasteiger partial charge in [0, 0.05) is 19.8 Å². The van der Waals surface area contributed by atoms with E-state index in [4.69, 9.17) is 53.5 Å². The number of hydrogen-bond donors (Lipinski definition) is 7. The van der Waals surface area contributed by atoms with Crippen molar-refractivity contribution in [2.75, 3.05) is 19.8 Å². The van der Waals surface area contributed by atoms with Gasteiger partial charge in [-0.2, -0.15) is 0 Å². The van der Waals surface area contributed by atoms with E-state index < -0.39 is 84.4 Å². The molecule has 5 saturated heterocycles. The fraction of sp³-hybridized carbons (Fsp3) is 0.900. The van der Waals surface area contributed by atoms with E-state index in [1.807, 2.05) is 20.8 Å². The summed E-state index contributed by atoms with van der Waals surface area (Å²) in [5.41, 5.74) is 5.82. The third kappa shape index (κ3) is 14.8. The first kappa shape index (κ1) is 51.7. The Hall–Kier alpha value is -2.60. The van der Waals surface area contributed by atoms with Crippen molar-refractivity contribution in [3.63, 3.8) is 0 Å². The highest BCUT2D eigenvalue weighted by Gasteiger charge is 2.51. The second-order valence-corrected chi connectivity index (χ2v) is 17.3. The Kier molecular flexibility index (Phi) is 19.1.